The Morgan fingerprint density at radius 1 is 1.07 bits per heavy atom. The topological polar surface area (TPSA) is 102 Å². The summed E-state index contributed by atoms with van der Waals surface area (Å²) < 4.78 is 10.4. The van der Waals surface area contributed by atoms with Gasteiger partial charge in [0.1, 0.15) is 5.75 Å². The Labute approximate surface area is 169 Å². The van der Waals surface area contributed by atoms with E-state index < -0.39 is 0 Å². The van der Waals surface area contributed by atoms with Crippen molar-refractivity contribution in [2.24, 2.45) is 0 Å². The smallest absolute Gasteiger partial charge is 0.255 e. The lowest BCUT2D eigenvalue weighted by molar-refractivity contribution is 0.397. The minimum absolute atomic E-state index is 0.156. The van der Waals surface area contributed by atoms with E-state index in [9.17, 15) is 4.79 Å². The molecular formula is C21H25N5O3. The van der Waals surface area contributed by atoms with Crippen LogP contribution < -0.4 is 20.3 Å². The number of unbranched alkanes of at least 4 members (excludes halogenated alkanes) is 1. The molecule has 0 saturated heterocycles. The van der Waals surface area contributed by atoms with Crippen LogP contribution in [0.25, 0.3) is 0 Å². The molecular weight excluding hydrogens is 370 g/mol. The first kappa shape index (κ1) is 20.3. The molecule has 0 aliphatic carbocycles. The van der Waals surface area contributed by atoms with Crippen LogP contribution in [-0.4, -0.2) is 40.7 Å². The van der Waals surface area contributed by atoms with Crippen molar-refractivity contribution in [3.63, 3.8) is 0 Å². The maximum Gasteiger partial charge on any atom is 0.255 e. The van der Waals surface area contributed by atoms with Crippen LogP contribution in [0.3, 0.4) is 0 Å². The third-order valence-corrected chi connectivity index (χ3v) is 4.48. The highest BCUT2D eigenvalue weighted by atomic mass is 16.5. The number of aromatic nitrogens is 4. The Bertz CT molecular complexity index is 990. The monoisotopic (exact) mass is 395 g/mol. The number of rotatable bonds is 10. The van der Waals surface area contributed by atoms with Gasteiger partial charge >= 0.3 is 0 Å². The Morgan fingerprint density at radius 3 is 2.76 bits per heavy atom. The molecule has 8 nitrogen and oxygen atoms in total. The first-order valence-corrected chi connectivity index (χ1v) is 9.48. The van der Waals surface area contributed by atoms with Gasteiger partial charge in [-0.2, -0.15) is 0 Å². The molecule has 3 rings (SSSR count). The minimum atomic E-state index is -0.156. The lowest BCUT2D eigenvalue weighted by atomic mass is 10.1. The molecule has 0 radical (unpaired) electrons. The van der Waals surface area contributed by atoms with E-state index in [0.29, 0.717) is 30.4 Å². The fourth-order valence-corrected chi connectivity index (χ4v) is 2.95. The molecule has 8 heteroatoms. The maximum atomic E-state index is 12.3. The molecule has 0 aliphatic rings. The normalized spacial score (nSPS) is 10.6. The average molecular weight is 395 g/mol. The number of aromatic amines is 1. The second kappa shape index (κ2) is 10.2. The summed E-state index contributed by atoms with van der Waals surface area (Å²) in [5.41, 5.74) is 2.33. The highest BCUT2D eigenvalue weighted by Crippen LogP contribution is 2.16. The van der Waals surface area contributed by atoms with Gasteiger partial charge in [-0.3, -0.25) is 14.8 Å². The van der Waals surface area contributed by atoms with Gasteiger partial charge in [-0.15, -0.1) is 0 Å². The number of pyridine rings is 2. The second-order valence-electron chi connectivity index (χ2n) is 6.51. The van der Waals surface area contributed by atoms with Crippen molar-refractivity contribution in [1.82, 2.24) is 19.9 Å². The van der Waals surface area contributed by atoms with Crippen LogP contribution >= 0.6 is 0 Å². The van der Waals surface area contributed by atoms with Gasteiger partial charge in [0.05, 0.1) is 19.9 Å². The summed E-state index contributed by atoms with van der Waals surface area (Å²) in [6.45, 7) is 0.707. The molecule has 2 N–H and O–H groups in total. The minimum Gasteiger partial charge on any atom is -0.495 e. The lowest BCUT2D eigenvalue weighted by Crippen LogP contribution is -2.17. The van der Waals surface area contributed by atoms with Gasteiger partial charge in [0.15, 0.2) is 0 Å². The van der Waals surface area contributed by atoms with Crippen LogP contribution in [0.2, 0.25) is 0 Å². The standard InChI is InChI=1S/C21H25N5O3/c1-28-18-7-5-10-22-17(18)6-3-4-9-24-21-25-14-16(20(27)26-21)12-15-8-11-23-19(13-15)29-2/h5,7-8,10-11,13-14H,3-4,6,9,12H2,1-2H3,(H2,24,25,26,27). The Balaban J connectivity index is 1.48. The Kier molecular flexibility index (Phi) is 7.16. The van der Waals surface area contributed by atoms with E-state index in [1.54, 1.807) is 32.8 Å². The lowest BCUT2D eigenvalue weighted by Gasteiger charge is -2.08. The third kappa shape index (κ3) is 5.78. The zero-order valence-corrected chi connectivity index (χ0v) is 16.6. The van der Waals surface area contributed by atoms with E-state index in [2.05, 4.69) is 25.3 Å². The van der Waals surface area contributed by atoms with Crippen molar-refractivity contribution in [2.45, 2.75) is 25.7 Å². The van der Waals surface area contributed by atoms with E-state index in [1.807, 2.05) is 24.3 Å². The van der Waals surface area contributed by atoms with E-state index in [1.165, 1.54) is 0 Å². The fraction of sp³-hybridized carbons (Fsp3) is 0.333. The molecule has 0 aromatic carbocycles. The summed E-state index contributed by atoms with van der Waals surface area (Å²) in [7, 11) is 3.22. The number of aryl methyl sites for hydroxylation is 1. The Hall–Kier alpha value is -3.42. The van der Waals surface area contributed by atoms with Crippen molar-refractivity contribution in [3.05, 3.63) is 70.0 Å². The van der Waals surface area contributed by atoms with Crippen LogP contribution in [0, 0.1) is 0 Å². The number of methoxy groups -OCH3 is 2. The predicted molar refractivity (Wildman–Crippen MR) is 111 cm³/mol. The Morgan fingerprint density at radius 2 is 1.97 bits per heavy atom. The number of anilines is 1. The first-order valence-electron chi connectivity index (χ1n) is 9.48. The molecule has 0 unspecified atom stereocenters. The highest BCUT2D eigenvalue weighted by molar-refractivity contribution is 5.30. The molecule has 152 valence electrons. The number of hydrogen-bond donors (Lipinski definition) is 2. The van der Waals surface area contributed by atoms with Crippen LogP contribution in [0.15, 0.2) is 47.7 Å². The summed E-state index contributed by atoms with van der Waals surface area (Å²) >= 11 is 0. The summed E-state index contributed by atoms with van der Waals surface area (Å²) in [6, 6.07) is 7.44. The third-order valence-electron chi connectivity index (χ3n) is 4.48. The number of hydrogen-bond acceptors (Lipinski definition) is 7. The van der Waals surface area contributed by atoms with Crippen molar-refractivity contribution in [3.8, 4) is 11.6 Å². The van der Waals surface area contributed by atoms with Crippen LogP contribution in [-0.2, 0) is 12.8 Å². The van der Waals surface area contributed by atoms with Gasteiger partial charge in [-0.25, -0.2) is 9.97 Å². The average Bonchev–Trinajstić information content (AvgIpc) is 2.75. The maximum absolute atomic E-state index is 12.3. The number of ether oxygens (including phenoxy) is 2. The molecule has 29 heavy (non-hydrogen) atoms. The van der Waals surface area contributed by atoms with E-state index in [4.69, 9.17) is 9.47 Å². The molecule has 3 heterocycles. The molecule has 0 saturated carbocycles. The van der Waals surface area contributed by atoms with E-state index >= 15 is 0 Å². The molecule has 0 fully saturated rings. The number of H-pyrrole nitrogens is 1. The van der Waals surface area contributed by atoms with Gasteiger partial charge in [0.2, 0.25) is 11.8 Å². The van der Waals surface area contributed by atoms with Gasteiger partial charge in [-0.05, 0) is 43.0 Å². The van der Waals surface area contributed by atoms with Crippen LogP contribution in [0.4, 0.5) is 5.95 Å². The second-order valence-corrected chi connectivity index (χ2v) is 6.51. The molecule has 3 aromatic rings. The SMILES string of the molecule is COc1cc(Cc2cnc(NCCCCc3ncccc3OC)[nH]c2=O)ccn1. The highest BCUT2D eigenvalue weighted by Gasteiger charge is 2.06. The molecule has 0 bridgehead atoms. The number of nitrogens with zero attached hydrogens (tertiary/aromatic N) is 3. The van der Waals surface area contributed by atoms with E-state index in [-0.39, 0.29) is 5.56 Å². The van der Waals surface area contributed by atoms with Gasteiger partial charge in [0.25, 0.3) is 5.56 Å². The molecule has 0 amide bonds. The van der Waals surface area contributed by atoms with Crippen molar-refractivity contribution >= 4 is 5.95 Å². The van der Waals surface area contributed by atoms with Gasteiger partial charge in [-0.1, -0.05) is 0 Å². The van der Waals surface area contributed by atoms with Gasteiger partial charge in [0, 0.05) is 43.2 Å². The van der Waals surface area contributed by atoms with E-state index in [0.717, 1.165) is 36.3 Å². The zero-order valence-electron chi connectivity index (χ0n) is 16.6. The van der Waals surface area contributed by atoms with Crippen molar-refractivity contribution in [2.75, 3.05) is 26.1 Å². The quantitative estimate of drug-likeness (QED) is 0.509. The molecule has 3 aromatic heterocycles. The van der Waals surface area contributed by atoms with Crippen molar-refractivity contribution in [1.29, 1.82) is 0 Å². The largest absolute Gasteiger partial charge is 0.495 e. The summed E-state index contributed by atoms with van der Waals surface area (Å²) in [5.74, 6) is 1.81. The van der Waals surface area contributed by atoms with Crippen LogP contribution in [0.1, 0.15) is 29.7 Å². The molecule has 0 aliphatic heterocycles. The predicted octanol–water partition coefficient (Wildman–Crippen LogP) is 2.60. The first-order chi connectivity index (χ1) is 14.2. The zero-order chi connectivity index (χ0) is 20.5. The summed E-state index contributed by atoms with van der Waals surface area (Å²) in [5, 5.41) is 3.16. The number of nitrogens with one attached hydrogen (secondary N) is 2. The molecule has 0 spiro atoms. The fourth-order valence-electron chi connectivity index (χ4n) is 2.95. The van der Waals surface area contributed by atoms with Gasteiger partial charge < -0.3 is 14.8 Å². The molecule has 0 atom stereocenters. The van der Waals surface area contributed by atoms with Crippen LogP contribution in [0.5, 0.6) is 11.6 Å². The van der Waals surface area contributed by atoms with Crippen molar-refractivity contribution < 1.29 is 9.47 Å². The summed E-state index contributed by atoms with van der Waals surface area (Å²) in [6.07, 6.45) is 8.21. The summed E-state index contributed by atoms with van der Waals surface area (Å²) in [4.78, 5) is 27.9.